The third-order valence-electron chi connectivity index (χ3n) is 3.20. The number of anilines is 2. The number of esters is 1. The molecule has 2 aromatic carbocycles. The molecule has 0 aliphatic carbocycles. The predicted octanol–water partition coefficient (Wildman–Crippen LogP) is 3.63. The first-order valence-electron chi connectivity index (χ1n) is 6.68. The third-order valence-corrected chi connectivity index (χ3v) is 3.20. The summed E-state index contributed by atoms with van der Waals surface area (Å²) in [7, 11) is 1.42. The van der Waals surface area contributed by atoms with Crippen LogP contribution in [-0.2, 0) is 9.53 Å². The summed E-state index contributed by atoms with van der Waals surface area (Å²) in [6, 6.07) is 20.1. The van der Waals surface area contributed by atoms with E-state index in [1.54, 1.807) is 0 Å². The van der Waals surface area contributed by atoms with Crippen molar-refractivity contribution in [1.29, 1.82) is 0 Å². The summed E-state index contributed by atoms with van der Waals surface area (Å²) < 4.78 is 4.82. The minimum atomic E-state index is -0.194. The van der Waals surface area contributed by atoms with E-state index in [0.717, 1.165) is 11.4 Å². The standard InChI is InChI=1S/C17H19NO2/c1-14(17(19)20-2)13-18(15-9-5-3-6-10-15)16-11-7-4-8-12-16/h3-12,14H,13H2,1-2H3/t14-/m0/s1. The van der Waals surface area contributed by atoms with E-state index in [4.69, 9.17) is 4.74 Å². The first-order valence-corrected chi connectivity index (χ1v) is 6.68. The minimum absolute atomic E-state index is 0.193. The van der Waals surface area contributed by atoms with Crippen LogP contribution < -0.4 is 4.90 Å². The molecule has 0 bridgehead atoms. The highest BCUT2D eigenvalue weighted by molar-refractivity contribution is 5.74. The summed E-state index contributed by atoms with van der Waals surface area (Å²) >= 11 is 0. The number of nitrogens with zero attached hydrogens (tertiary/aromatic N) is 1. The Balaban J connectivity index is 2.28. The van der Waals surface area contributed by atoms with Gasteiger partial charge in [0.2, 0.25) is 0 Å². The smallest absolute Gasteiger partial charge is 0.310 e. The average Bonchev–Trinajstić information content (AvgIpc) is 2.53. The van der Waals surface area contributed by atoms with Gasteiger partial charge in [0, 0.05) is 17.9 Å². The maximum absolute atomic E-state index is 11.7. The number of carbonyl (C=O) groups excluding carboxylic acids is 1. The van der Waals surface area contributed by atoms with Crippen LogP contribution in [0.15, 0.2) is 60.7 Å². The zero-order valence-corrected chi connectivity index (χ0v) is 11.8. The van der Waals surface area contributed by atoms with E-state index < -0.39 is 0 Å². The number of carbonyl (C=O) groups is 1. The average molecular weight is 269 g/mol. The molecule has 0 aliphatic heterocycles. The number of hydrogen-bond donors (Lipinski definition) is 0. The first kappa shape index (κ1) is 14.1. The van der Waals surface area contributed by atoms with Crippen molar-refractivity contribution in [3.05, 3.63) is 60.7 Å². The summed E-state index contributed by atoms with van der Waals surface area (Å²) in [6.07, 6.45) is 0. The number of hydrogen-bond acceptors (Lipinski definition) is 3. The van der Waals surface area contributed by atoms with Crippen LogP contribution in [0.1, 0.15) is 6.92 Å². The van der Waals surface area contributed by atoms with E-state index in [1.165, 1.54) is 7.11 Å². The Labute approximate surface area is 119 Å². The molecule has 3 heteroatoms. The summed E-state index contributed by atoms with van der Waals surface area (Å²) in [5.41, 5.74) is 2.13. The summed E-state index contributed by atoms with van der Waals surface area (Å²) in [6.45, 7) is 2.46. The second kappa shape index (κ2) is 6.75. The van der Waals surface area contributed by atoms with Gasteiger partial charge in [-0.25, -0.2) is 0 Å². The van der Waals surface area contributed by atoms with Crippen molar-refractivity contribution >= 4 is 17.3 Å². The number of methoxy groups -OCH3 is 1. The normalized spacial score (nSPS) is 11.7. The fraction of sp³-hybridized carbons (Fsp3) is 0.235. The quantitative estimate of drug-likeness (QED) is 0.776. The van der Waals surface area contributed by atoms with Crippen molar-refractivity contribution in [2.24, 2.45) is 5.92 Å². The zero-order chi connectivity index (χ0) is 14.4. The van der Waals surface area contributed by atoms with Crippen molar-refractivity contribution in [2.45, 2.75) is 6.92 Å². The molecule has 0 aromatic heterocycles. The number of rotatable bonds is 5. The maximum atomic E-state index is 11.7. The molecule has 2 aromatic rings. The van der Waals surface area contributed by atoms with Crippen molar-refractivity contribution in [2.75, 3.05) is 18.6 Å². The first-order chi connectivity index (χ1) is 9.72. The highest BCUT2D eigenvalue weighted by Crippen LogP contribution is 2.26. The lowest BCUT2D eigenvalue weighted by Crippen LogP contribution is -2.28. The molecule has 0 N–H and O–H groups in total. The van der Waals surface area contributed by atoms with E-state index in [9.17, 15) is 4.79 Å². The van der Waals surface area contributed by atoms with Crippen LogP contribution in [0.5, 0.6) is 0 Å². The van der Waals surface area contributed by atoms with Crippen LogP contribution in [-0.4, -0.2) is 19.6 Å². The minimum Gasteiger partial charge on any atom is -0.469 e. The van der Waals surface area contributed by atoms with Gasteiger partial charge < -0.3 is 9.64 Å². The van der Waals surface area contributed by atoms with Gasteiger partial charge in [-0.2, -0.15) is 0 Å². The van der Waals surface area contributed by atoms with Gasteiger partial charge >= 0.3 is 5.97 Å². The molecule has 0 spiro atoms. The van der Waals surface area contributed by atoms with Gasteiger partial charge in [-0.05, 0) is 24.3 Å². The Morgan fingerprint density at radius 2 is 1.45 bits per heavy atom. The van der Waals surface area contributed by atoms with Gasteiger partial charge in [-0.15, -0.1) is 0 Å². The van der Waals surface area contributed by atoms with E-state index >= 15 is 0 Å². The lowest BCUT2D eigenvalue weighted by atomic mass is 10.1. The van der Waals surface area contributed by atoms with Crippen LogP contribution in [0.2, 0.25) is 0 Å². The molecule has 20 heavy (non-hydrogen) atoms. The van der Waals surface area contributed by atoms with Crippen molar-refractivity contribution in [3.63, 3.8) is 0 Å². The van der Waals surface area contributed by atoms with Gasteiger partial charge in [0.1, 0.15) is 0 Å². The molecule has 2 rings (SSSR count). The topological polar surface area (TPSA) is 29.5 Å². The van der Waals surface area contributed by atoms with Crippen LogP contribution in [0, 0.1) is 5.92 Å². The second-order valence-electron chi connectivity index (χ2n) is 4.71. The fourth-order valence-electron chi connectivity index (χ4n) is 2.13. The fourth-order valence-corrected chi connectivity index (χ4v) is 2.13. The van der Waals surface area contributed by atoms with Gasteiger partial charge in [-0.1, -0.05) is 43.3 Å². The molecular weight excluding hydrogens is 250 g/mol. The molecule has 0 unspecified atom stereocenters. The Morgan fingerprint density at radius 1 is 1.00 bits per heavy atom. The molecule has 0 aliphatic rings. The van der Waals surface area contributed by atoms with E-state index in [1.807, 2.05) is 67.6 Å². The Bertz CT molecular complexity index is 500. The number of ether oxygens (including phenoxy) is 1. The maximum Gasteiger partial charge on any atom is 0.310 e. The molecule has 0 saturated heterocycles. The molecule has 0 heterocycles. The van der Waals surface area contributed by atoms with Crippen LogP contribution >= 0.6 is 0 Å². The lowest BCUT2D eigenvalue weighted by Gasteiger charge is -2.27. The second-order valence-corrected chi connectivity index (χ2v) is 4.71. The molecule has 3 nitrogen and oxygen atoms in total. The van der Waals surface area contributed by atoms with Gasteiger partial charge in [0.15, 0.2) is 0 Å². The number of para-hydroxylation sites is 2. The van der Waals surface area contributed by atoms with Crippen molar-refractivity contribution in [3.8, 4) is 0 Å². The van der Waals surface area contributed by atoms with Gasteiger partial charge in [-0.3, -0.25) is 4.79 Å². The molecule has 0 radical (unpaired) electrons. The predicted molar refractivity (Wildman–Crippen MR) is 81.1 cm³/mol. The van der Waals surface area contributed by atoms with Gasteiger partial charge in [0.25, 0.3) is 0 Å². The van der Waals surface area contributed by atoms with E-state index in [2.05, 4.69) is 4.90 Å². The number of benzene rings is 2. The van der Waals surface area contributed by atoms with Gasteiger partial charge in [0.05, 0.1) is 13.0 Å². The zero-order valence-electron chi connectivity index (χ0n) is 11.8. The van der Waals surface area contributed by atoms with Crippen LogP contribution in [0.4, 0.5) is 11.4 Å². The highest BCUT2D eigenvalue weighted by Gasteiger charge is 2.19. The van der Waals surface area contributed by atoms with Crippen LogP contribution in [0.3, 0.4) is 0 Å². The molecular formula is C17H19NO2. The monoisotopic (exact) mass is 269 g/mol. The molecule has 104 valence electrons. The van der Waals surface area contributed by atoms with E-state index in [0.29, 0.717) is 6.54 Å². The SMILES string of the molecule is COC(=O)[C@@H](C)CN(c1ccccc1)c1ccccc1. The Kier molecular flexibility index (Phi) is 4.77. The molecule has 1 atom stereocenters. The Morgan fingerprint density at radius 3 is 1.85 bits per heavy atom. The van der Waals surface area contributed by atoms with E-state index in [-0.39, 0.29) is 11.9 Å². The molecule has 0 saturated carbocycles. The Hall–Kier alpha value is -2.29. The highest BCUT2D eigenvalue weighted by atomic mass is 16.5. The largest absolute Gasteiger partial charge is 0.469 e. The third kappa shape index (κ3) is 3.38. The lowest BCUT2D eigenvalue weighted by molar-refractivity contribution is -0.144. The summed E-state index contributed by atoms with van der Waals surface area (Å²) in [5, 5.41) is 0. The molecule has 0 amide bonds. The summed E-state index contributed by atoms with van der Waals surface area (Å²) in [4.78, 5) is 13.8. The van der Waals surface area contributed by atoms with Crippen molar-refractivity contribution in [1.82, 2.24) is 0 Å². The molecule has 0 fully saturated rings. The van der Waals surface area contributed by atoms with Crippen molar-refractivity contribution < 1.29 is 9.53 Å². The van der Waals surface area contributed by atoms with Crippen LogP contribution in [0.25, 0.3) is 0 Å². The summed E-state index contributed by atoms with van der Waals surface area (Å²) in [5.74, 6) is -0.387.